The van der Waals surface area contributed by atoms with E-state index in [4.69, 9.17) is 9.26 Å². The van der Waals surface area contributed by atoms with Crippen molar-refractivity contribution in [2.45, 2.75) is 25.7 Å². The first kappa shape index (κ1) is 20.1. The first-order chi connectivity index (χ1) is 14.6. The lowest BCUT2D eigenvalue weighted by atomic mass is 10.0. The van der Waals surface area contributed by atoms with Gasteiger partial charge >= 0.3 is 0 Å². The van der Waals surface area contributed by atoms with E-state index in [1.807, 2.05) is 29.2 Å². The van der Waals surface area contributed by atoms with Crippen LogP contribution >= 0.6 is 0 Å². The third kappa shape index (κ3) is 4.84. The van der Waals surface area contributed by atoms with Gasteiger partial charge in [0.15, 0.2) is 5.82 Å². The monoisotopic (exact) mass is 409 g/mol. The summed E-state index contributed by atoms with van der Waals surface area (Å²) in [5.74, 6) is 2.06. The minimum atomic E-state index is -0.301. The number of rotatable bonds is 7. The molecule has 30 heavy (non-hydrogen) atoms. The summed E-state index contributed by atoms with van der Waals surface area (Å²) in [5.41, 5.74) is 1.66. The second-order valence-electron chi connectivity index (χ2n) is 7.58. The van der Waals surface area contributed by atoms with Crippen LogP contribution in [0.15, 0.2) is 53.1 Å². The van der Waals surface area contributed by atoms with Gasteiger partial charge in [0.25, 0.3) is 5.89 Å². The number of aromatic nitrogens is 2. The molecular weight excluding hydrogens is 385 g/mol. The molecule has 1 aliphatic heterocycles. The molecule has 2 aromatic carbocycles. The van der Waals surface area contributed by atoms with Crippen molar-refractivity contribution >= 4 is 5.91 Å². The lowest BCUT2D eigenvalue weighted by Crippen LogP contribution is -2.30. The van der Waals surface area contributed by atoms with Crippen LogP contribution in [0.5, 0.6) is 5.75 Å². The van der Waals surface area contributed by atoms with Crippen LogP contribution in [0.4, 0.5) is 4.39 Å². The van der Waals surface area contributed by atoms with E-state index in [2.05, 4.69) is 10.1 Å². The summed E-state index contributed by atoms with van der Waals surface area (Å²) < 4.78 is 23.6. The van der Waals surface area contributed by atoms with Crippen LogP contribution in [0.3, 0.4) is 0 Å². The number of nitrogens with zero attached hydrogens (tertiary/aromatic N) is 3. The Labute approximate surface area is 174 Å². The van der Waals surface area contributed by atoms with Gasteiger partial charge in [0, 0.05) is 25.1 Å². The predicted molar refractivity (Wildman–Crippen MR) is 109 cm³/mol. The molecule has 6 nitrogen and oxygen atoms in total. The third-order valence-electron chi connectivity index (χ3n) is 5.46. The number of hydrogen-bond donors (Lipinski definition) is 0. The Morgan fingerprint density at radius 3 is 2.90 bits per heavy atom. The lowest BCUT2D eigenvalue weighted by Gasteiger charge is -2.16. The molecule has 0 spiro atoms. The highest BCUT2D eigenvalue weighted by atomic mass is 19.1. The number of amides is 1. The molecule has 0 N–H and O–H groups in total. The van der Waals surface area contributed by atoms with Crippen molar-refractivity contribution < 1.29 is 18.4 Å². The number of carbonyl (C=O) groups excluding carboxylic acids is 1. The molecule has 1 aromatic heterocycles. The smallest absolute Gasteiger partial charge is 0.257 e. The predicted octanol–water partition coefficient (Wildman–Crippen LogP) is 3.91. The van der Waals surface area contributed by atoms with E-state index in [1.165, 1.54) is 12.1 Å². The summed E-state index contributed by atoms with van der Waals surface area (Å²) in [6, 6.07) is 13.6. The zero-order valence-electron chi connectivity index (χ0n) is 16.9. The molecule has 1 fully saturated rings. The molecule has 0 saturated carbocycles. The molecule has 1 saturated heterocycles. The van der Waals surface area contributed by atoms with Crippen molar-refractivity contribution in [3.8, 4) is 17.2 Å². The molecule has 3 aromatic rings. The maximum Gasteiger partial charge on any atom is 0.257 e. The van der Waals surface area contributed by atoms with Crippen molar-refractivity contribution in [2.75, 3.05) is 20.2 Å². The summed E-state index contributed by atoms with van der Waals surface area (Å²) in [5, 5.41) is 4.03. The van der Waals surface area contributed by atoms with Crippen LogP contribution in [0.25, 0.3) is 11.5 Å². The summed E-state index contributed by atoms with van der Waals surface area (Å²) >= 11 is 0. The SMILES string of the molecule is COc1cccc(CC(=O)N2CCC(CCc3noc(-c4ccc(F)cc4)n3)C2)c1. The minimum Gasteiger partial charge on any atom is -0.497 e. The Kier molecular flexibility index (Phi) is 6.07. The van der Waals surface area contributed by atoms with Gasteiger partial charge in [-0.1, -0.05) is 17.3 Å². The number of methoxy groups -OCH3 is 1. The summed E-state index contributed by atoms with van der Waals surface area (Å²) in [4.78, 5) is 19.0. The van der Waals surface area contributed by atoms with E-state index in [1.54, 1.807) is 19.2 Å². The van der Waals surface area contributed by atoms with Gasteiger partial charge in [0.05, 0.1) is 13.5 Å². The lowest BCUT2D eigenvalue weighted by molar-refractivity contribution is -0.129. The number of benzene rings is 2. The molecule has 0 bridgehead atoms. The molecule has 1 aliphatic rings. The normalized spacial score (nSPS) is 16.1. The Hall–Kier alpha value is -3.22. The van der Waals surface area contributed by atoms with Gasteiger partial charge in [-0.15, -0.1) is 0 Å². The van der Waals surface area contributed by atoms with Gasteiger partial charge in [-0.25, -0.2) is 4.39 Å². The number of ether oxygens (including phenoxy) is 1. The Bertz CT molecular complexity index is 1000. The highest BCUT2D eigenvalue weighted by Crippen LogP contribution is 2.24. The van der Waals surface area contributed by atoms with E-state index < -0.39 is 0 Å². The van der Waals surface area contributed by atoms with Gasteiger partial charge in [0.1, 0.15) is 11.6 Å². The van der Waals surface area contributed by atoms with E-state index in [-0.39, 0.29) is 11.7 Å². The molecule has 1 unspecified atom stereocenters. The number of aryl methyl sites for hydroxylation is 1. The standard InChI is InChI=1S/C23H24FN3O3/c1-29-20-4-2-3-17(13-20)14-22(28)27-12-11-16(15-27)5-10-21-25-23(30-26-21)18-6-8-19(24)9-7-18/h2-4,6-9,13,16H,5,10-12,14-15H2,1H3. The van der Waals surface area contributed by atoms with Crippen LogP contribution in [0.2, 0.25) is 0 Å². The summed E-state index contributed by atoms with van der Waals surface area (Å²) in [6.07, 6.45) is 2.95. The van der Waals surface area contributed by atoms with Crippen molar-refractivity contribution in [1.29, 1.82) is 0 Å². The van der Waals surface area contributed by atoms with Gasteiger partial charge < -0.3 is 14.2 Å². The molecule has 4 rings (SSSR count). The quantitative estimate of drug-likeness (QED) is 0.592. The second kappa shape index (κ2) is 9.07. The van der Waals surface area contributed by atoms with Crippen molar-refractivity contribution in [1.82, 2.24) is 15.0 Å². The average molecular weight is 409 g/mol. The van der Waals surface area contributed by atoms with Crippen LogP contribution in [0.1, 0.15) is 24.2 Å². The number of halogens is 1. The molecule has 2 heterocycles. The van der Waals surface area contributed by atoms with Gasteiger partial charge in [-0.2, -0.15) is 4.98 Å². The average Bonchev–Trinajstić information content (AvgIpc) is 3.43. The highest BCUT2D eigenvalue weighted by molar-refractivity contribution is 5.79. The topological polar surface area (TPSA) is 68.5 Å². The first-order valence-electron chi connectivity index (χ1n) is 10.1. The molecule has 7 heteroatoms. The molecule has 0 radical (unpaired) electrons. The maximum absolute atomic E-state index is 13.0. The fourth-order valence-electron chi connectivity index (χ4n) is 3.76. The van der Waals surface area contributed by atoms with Crippen molar-refractivity contribution in [3.05, 3.63) is 65.7 Å². The number of likely N-dealkylation sites (tertiary alicyclic amines) is 1. The number of hydrogen-bond acceptors (Lipinski definition) is 5. The van der Waals surface area contributed by atoms with E-state index in [9.17, 15) is 9.18 Å². The van der Waals surface area contributed by atoms with Crippen molar-refractivity contribution in [3.63, 3.8) is 0 Å². The molecule has 1 amide bonds. The van der Waals surface area contributed by atoms with Crippen LogP contribution in [-0.2, 0) is 17.6 Å². The van der Waals surface area contributed by atoms with Crippen LogP contribution < -0.4 is 4.74 Å². The van der Waals surface area contributed by atoms with Crippen LogP contribution in [-0.4, -0.2) is 41.1 Å². The van der Waals surface area contributed by atoms with E-state index in [0.29, 0.717) is 36.0 Å². The molecule has 1 atom stereocenters. The Balaban J connectivity index is 1.27. The minimum absolute atomic E-state index is 0.143. The van der Waals surface area contributed by atoms with Crippen molar-refractivity contribution in [2.24, 2.45) is 5.92 Å². The third-order valence-corrected chi connectivity index (χ3v) is 5.46. The maximum atomic E-state index is 13.0. The fourth-order valence-corrected chi connectivity index (χ4v) is 3.76. The Morgan fingerprint density at radius 1 is 1.27 bits per heavy atom. The zero-order chi connectivity index (χ0) is 20.9. The summed E-state index contributed by atoms with van der Waals surface area (Å²) in [6.45, 7) is 1.53. The number of carbonyl (C=O) groups is 1. The first-order valence-corrected chi connectivity index (χ1v) is 10.1. The largest absolute Gasteiger partial charge is 0.497 e. The van der Waals surface area contributed by atoms with Gasteiger partial charge in [-0.05, 0) is 60.7 Å². The molecule has 156 valence electrons. The molecular formula is C23H24FN3O3. The van der Waals surface area contributed by atoms with Crippen LogP contribution in [0, 0.1) is 11.7 Å². The van der Waals surface area contributed by atoms with E-state index in [0.717, 1.165) is 37.2 Å². The van der Waals surface area contributed by atoms with Gasteiger partial charge in [0.2, 0.25) is 5.91 Å². The van der Waals surface area contributed by atoms with E-state index >= 15 is 0 Å². The highest BCUT2D eigenvalue weighted by Gasteiger charge is 2.26. The molecule has 0 aliphatic carbocycles. The summed E-state index contributed by atoms with van der Waals surface area (Å²) in [7, 11) is 1.62. The second-order valence-corrected chi connectivity index (χ2v) is 7.58. The van der Waals surface area contributed by atoms with Gasteiger partial charge in [-0.3, -0.25) is 4.79 Å². The Morgan fingerprint density at radius 2 is 2.10 bits per heavy atom. The zero-order valence-corrected chi connectivity index (χ0v) is 16.9. The fraction of sp³-hybridized carbons (Fsp3) is 0.348.